The summed E-state index contributed by atoms with van der Waals surface area (Å²) in [6.45, 7) is 0. The average molecular weight is 113 g/mol. The van der Waals surface area contributed by atoms with Gasteiger partial charge in [-0.2, -0.15) is 0 Å². The fourth-order valence-electron chi connectivity index (χ4n) is 0.195. The van der Waals surface area contributed by atoms with E-state index in [9.17, 15) is 0 Å². The molecule has 0 aliphatic heterocycles. The van der Waals surface area contributed by atoms with Crippen molar-refractivity contribution in [1.82, 2.24) is 0 Å². The van der Waals surface area contributed by atoms with Crippen LogP contribution in [0.5, 0.6) is 0 Å². The quantitative estimate of drug-likeness (QED) is 0.421. The van der Waals surface area contributed by atoms with Gasteiger partial charge in [0, 0.05) is 12.8 Å². The third-order valence-electron chi connectivity index (χ3n) is 0.516. The maximum absolute atomic E-state index is 5.11. The van der Waals surface area contributed by atoms with Gasteiger partial charge in [0.1, 0.15) is 0 Å². The third kappa shape index (κ3) is 5.45. The Balaban J connectivity index is 3.02. The molecule has 1 nitrogen and oxygen atoms in total. The minimum absolute atomic E-state index is 0.498. The van der Waals surface area contributed by atoms with Crippen LogP contribution in [0.15, 0.2) is 0 Å². The zero-order valence-corrected chi connectivity index (χ0v) is 4.79. The third-order valence-corrected chi connectivity index (χ3v) is 0.720. The Morgan fingerprint density at radius 3 is 2.57 bits per heavy atom. The Morgan fingerprint density at radius 1 is 1.86 bits per heavy atom. The Labute approximate surface area is 48.9 Å². The van der Waals surface area contributed by atoms with Crippen molar-refractivity contribution in [3.8, 4) is 12.3 Å². The number of thiocarbonyl (C=S) groups is 1. The van der Waals surface area contributed by atoms with Gasteiger partial charge in [-0.05, 0) is 0 Å². The van der Waals surface area contributed by atoms with Crippen molar-refractivity contribution in [1.29, 1.82) is 0 Å². The SMILES string of the molecule is C#CCCC(N)=S. The summed E-state index contributed by atoms with van der Waals surface area (Å²) in [5, 5.41) is 0. The lowest BCUT2D eigenvalue weighted by Gasteiger charge is -1.85. The normalized spacial score (nSPS) is 7.29. The van der Waals surface area contributed by atoms with E-state index in [4.69, 9.17) is 12.2 Å². The van der Waals surface area contributed by atoms with E-state index < -0.39 is 0 Å². The molecule has 0 aromatic heterocycles. The second-order valence-electron chi connectivity index (χ2n) is 1.17. The first kappa shape index (κ1) is 6.45. The van der Waals surface area contributed by atoms with Crippen LogP contribution < -0.4 is 5.73 Å². The van der Waals surface area contributed by atoms with Gasteiger partial charge in [0.2, 0.25) is 0 Å². The molecule has 0 rings (SSSR count). The van der Waals surface area contributed by atoms with Crippen LogP contribution in [0.4, 0.5) is 0 Å². The van der Waals surface area contributed by atoms with E-state index in [1.807, 2.05) is 0 Å². The van der Waals surface area contributed by atoms with Crippen LogP contribution in [0.3, 0.4) is 0 Å². The standard InChI is InChI=1S/C5H7NS/c1-2-3-4-5(6)7/h1H,3-4H2,(H2,6,7). The summed E-state index contributed by atoms with van der Waals surface area (Å²) in [5.74, 6) is 2.43. The molecule has 0 radical (unpaired) electrons. The summed E-state index contributed by atoms with van der Waals surface area (Å²) in [6, 6.07) is 0. The predicted octanol–water partition coefficient (Wildman–Crippen LogP) is 0.686. The molecule has 2 heteroatoms. The first-order valence-corrected chi connectivity index (χ1v) is 2.40. The zero-order chi connectivity index (χ0) is 5.70. The van der Waals surface area contributed by atoms with Crippen LogP contribution in [-0.4, -0.2) is 4.99 Å². The van der Waals surface area contributed by atoms with Gasteiger partial charge in [-0.15, -0.1) is 12.3 Å². The molecule has 0 aromatic carbocycles. The summed E-state index contributed by atoms with van der Waals surface area (Å²) < 4.78 is 0. The Kier molecular flexibility index (Phi) is 3.35. The van der Waals surface area contributed by atoms with Gasteiger partial charge >= 0.3 is 0 Å². The zero-order valence-electron chi connectivity index (χ0n) is 3.98. The minimum atomic E-state index is 0.498. The fourth-order valence-corrected chi connectivity index (χ4v) is 0.297. The van der Waals surface area contributed by atoms with E-state index in [1.54, 1.807) is 0 Å². The van der Waals surface area contributed by atoms with Crippen LogP contribution >= 0.6 is 12.2 Å². The van der Waals surface area contributed by atoms with Crippen molar-refractivity contribution in [2.45, 2.75) is 12.8 Å². The van der Waals surface area contributed by atoms with Crippen molar-refractivity contribution < 1.29 is 0 Å². The molecule has 38 valence electrons. The molecular weight excluding hydrogens is 106 g/mol. The Hall–Kier alpha value is -0.550. The molecule has 0 aliphatic carbocycles. The van der Waals surface area contributed by atoms with E-state index in [0.29, 0.717) is 17.8 Å². The van der Waals surface area contributed by atoms with E-state index in [-0.39, 0.29) is 0 Å². The monoisotopic (exact) mass is 113 g/mol. The van der Waals surface area contributed by atoms with E-state index in [1.165, 1.54) is 0 Å². The van der Waals surface area contributed by atoms with Crippen LogP contribution in [-0.2, 0) is 0 Å². The number of nitrogens with two attached hydrogens (primary N) is 1. The fraction of sp³-hybridized carbons (Fsp3) is 0.400. The largest absolute Gasteiger partial charge is 0.393 e. The van der Waals surface area contributed by atoms with Gasteiger partial charge in [0.15, 0.2) is 0 Å². The predicted molar refractivity (Wildman–Crippen MR) is 34.9 cm³/mol. The molecule has 0 heterocycles. The highest BCUT2D eigenvalue weighted by Crippen LogP contribution is 1.83. The number of hydrogen-bond donors (Lipinski definition) is 1. The smallest absolute Gasteiger partial charge is 0.0736 e. The highest BCUT2D eigenvalue weighted by molar-refractivity contribution is 7.80. The molecule has 0 bridgehead atoms. The summed E-state index contributed by atoms with van der Waals surface area (Å²) in [6.07, 6.45) is 6.25. The van der Waals surface area contributed by atoms with Gasteiger partial charge in [-0.1, -0.05) is 12.2 Å². The van der Waals surface area contributed by atoms with Crippen molar-refractivity contribution in [3.05, 3.63) is 0 Å². The molecule has 7 heavy (non-hydrogen) atoms. The highest BCUT2D eigenvalue weighted by atomic mass is 32.1. The molecule has 0 spiro atoms. The van der Waals surface area contributed by atoms with E-state index in [2.05, 4.69) is 18.1 Å². The highest BCUT2D eigenvalue weighted by Gasteiger charge is 1.81. The molecule has 0 aliphatic rings. The number of hydrogen-bond acceptors (Lipinski definition) is 1. The van der Waals surface area contributed by atoms with Gasteiger partial charge < -0.3 is 5.73 Å². The van der Waals surface area contributed by atoms with E-state index >= 15 is 0 Å². The first-order valence-electron chi connectivity index (χ1n) is 1.99. The Morgan fingerprint density at radius 2 is 2.43 bits per heavy atom. The summed E-state index contributed by atoms with van der Waals surface area (Å²) in [5.41, 5.74) is 5.11. The van der Waals surface area contributed by atoms with Crippen LogP contribution in [0.2, 0.25) is 0 Å². The topological polar surface area (TPSA) is 26.0 Å². The molecule has 0 amide bonds. The van der Waals surface area contributed by atoms with Gasteiger partial charge in [0.05, 0.1) is 4.99 Å². The lowest BCUT2D eigenvalue weighted by molar-refractivity contribution is 1.14. The van der Waals surface area contributed by atoms with Crippen molar-refractivity contribution in [3.63, 3.8) is 0 Å². The molecule has 0 atom stereocenters. The second kappa shape index (κ2) is 3.63. The van der Waals surface area contributed by atoms with Crippen molar-refractivity contribution in [2.24, 2.45) is 5.73 Å². The summed E-state index contributed by atoms with van der Waals surface area (Å²) >= 11 is 4.54. The average Bonchev–Trinajstić information content (AvgIpc) is 1.61. The second-order valence-corrected chi connectivity index (χ2v) is 1.69. The molecule has 2 N–H and O–H groups in total. The summed E-state index contributed by atoms with van der Waals surface area (Å²) in [4.78, 5) is 0.498. The van der Waals surface area contributed by atoms with Crippen LogP contribution in [0.1, 0.15) is 12.8 Å². The molecule has 0 saturated heterocycles. The van der Waals surface area contributed by atoms with Gasteiger partial charge in [-0.3, -0.25) is 0 Å². The molecule has 0 aromatic rings. The maximum atomic E-state index is 5.11. The lowest BCUT2D eigenvalue weighted by atomic mass is 10.3. The first-order chi connectivity index (χ1) is 3.27. The minimum Gasteiger partial charge on any atom is -0.393 e. The van der Waals surface area contributed by atoms with E-state index in [0.717, 1.165) is 0 Å². The lowest BCUT2D eigenvalue weighted by Crippen LogP contribution is -2.05. The van der Waals surface area contributed by atoms with Crippen molar-refractivity contribution in [2.75, 3.05) is 0 Å². The summed E-state index contributed by atoms with van der Waals surface area (Å²) in [7, 11) is 0. The molecule has 0 saturated carbocycles. The molecule has 0 fully saturated rings. The Bertz CT molecular complexity index is 101. The van der Waals surface area contributed by atoms with Gasteiger partial charge in [0.25, 0.3) is 0 Å². The maximum Gasteiger partial charge on any atom is 0.0736 e. The number of terminal acetylenes is 1. The van der Waals surface area contributed by atoms with Crippen LogP contribution in [0, 0.1) is 12.3 Å². The van der Waals surface area contributed by atoms with Crippen LogP contribution in [0.25, 0.3) is 0 Å². The molecular formula is C5H7NS. The number of rotatable bonds is 2. The molecule has 0 unspecified atom stereocenters. The van der Waals surface area contributed by atoms with Crippen molar-refractivity contribution >= 4 is 17.2 Å². The van der Waals surface area contributed by atoms with Gasteiger partial charge in [-0.25, -0.2) is 0 Å².